The third-order valence-electron chi connectivity index (χ3n) is 3.70. The fraction of sp³-hybridized carbons (Fsp3) is 0.176. The molecule has 0 amide bonds. The second-order valence-electron chi connectivity index (χ2n) is 5.06. The minimum Gasteiger partial charge on any atom is -0.364 e. The molecule has 1 heterocycles. The van der Waals surface area contributed by atoms with Crippen molar-refractivity contribution in [2.24, 2.45) is 5.10 Å². The van der Waals surface area contributed by atoms with E-state index in [0.717, 1.165) is 17.7 Å². The van der Waals surface area contributed by atoms with E-state index >= 15 is 0 Å². The Labute approximate surface area is 140 Å². The Hall–Kier alpha value is -1.91. The van der Waals surface area contributed by atoms with Gasteiger partial charge in [-0.25, -0.2) is 5.01 Å². The maximum absolute atomic E-state index is 6.31. The van der Waals surface area contributed by atoms with Gasteiger partial charge in [-0.05, 0) is 23.8 Å². The van der Waals surface area contributed by atoms with Crippen LogP contribution in [0.25, 0.3) is 0 Å². The quantitative estimate of drug-likeness (QED) is 0.844. The maximum atomic E-state index is 6.31. The average molecular weight is 330 g/mol. The smallest absolute Gasteiger partial charge is 0.189 e. The van der Waals surface area contributed by atoms with E-state index < -0.39 is 0 Å². The lowest BCUT2D eigenvalue weighted by Gasteiger charge is -2.23. The molecule has 3 nitrogen and oxygen atoms in total. The van der Waals surface area contributed by atoms with E-state index in [-0.39, 0.29) is 6.04 Å². The third-order valence-corrected chi connectivity index (χ3v) is 4.42. The summed E-state index contributed by atoms with van der Waals surface area (Å²) in [6.07, 6.45) is 0.773. The van der Waals surface area contributed by atoms with Crippen molar-refractivity contribution in [1.29, 1.82) is 0 Å². The Kier molecular flexibility index (Phi) is 4.41. The number of hydrogen-bond acceptors (Lipinski definition) is 2. The van der Waals surface area contributed by atoms with Crippen LogP contribution in [0.4, 0.5) is 0 Å². The summed E-state index contributed by atoms with van der Waals surface area (Å²) in [5.41, 5.74) is 3.11. The fourth-order valence-corrected chi connectivity index (χ4v) is 3.02. The molecule has 112 valence electrons. The van der Waals surface area contributed by atoms with Crippen LogP contribution in [0.1, 0.15) is 23.6 Å². The van der Waals surface area contributed by atoms with Crippen LogP contribution >= 0.6 is 23.8 Å². The van der Waals surface area contributed by atoms with Crippen molar-refractivity contribution in [2.75, 3.05) is 7.05 Å². The molecule has 1 aliphatic rings. The molecular weight excluding hydrogens is 314 g/mol. The van der Waals surface area contributed by atoms with E-state index in [1.54, 1.807) is 0 Å². The lowest BCUT2D eigenvalue weighted by molar-refractivity contribution is 0.367. The predicted octanol–water partition coefficient (Wildman–Crippen LogP) is 4.00. The van der Waals surface area contributed by atoms with Crippen LogP contribution in [-0.4, -0.2) is 22.9 Å². The Bertz CT molecular complexity index is 715. The van der Waals surface area contributed by atoms with E-state index in [2.05, 4.69) is 17.4 Å². The van der Waals surface area contributed by atoms with Crippen molar-refractivity contribution >= 4 is 34.6 Å². The van der Waals surface area contributed by atoms with E-state index in [1.165, 1.54) is 5.56 Å². The standard InChI is InChI=1S/C17H16ClN3S/c1-19-17(22)21-16(12-7-3-2-4-8-12)11-15(20-21)13-9-5-6-10-14(13)18/h2-10,16H,11H2,1H3,(H,19,22)/t16-/m1/s1. The summed E-state index contributed by atoms with van der Waals surface area (Å²) in [5, 5.41) is 10.9. The highest BCUT2D eigenvalue weighted by Gasteiger charge is 2.31. The van der Waals surface area contributed by atoms with Gasteiger partial charge in [0.2, 0.25) is 0 Å². The number of rotatable bonds is 2. The third kappa shape index (κ3) is 2.85. The topological polar surface area (TPSA) is 27.6 Å². The molecular formula is C17H16ClN3S. The van der Waals surface area contributed by atoms with Gasteiger partial charge in [-0.1, -0.05) is 60.1 Å². The van der Waals surface area contributed by atoms with Gasteiger partial charge in [0.15, 0.2) is 5.11 Å². The Morgan fingerprint density at radius 2 is 1.86 bits per heavy atom. The van der Waals surface area contributed by atoms with E-state index in [9.17, 15) is 0 Å². The molecule has 0 saturated heterocycles. The molecule has 3 rings (SSSR count). The molecule has 0 aliphatic carbocycles. The first-order chi connectivity index (χ1) is 10.7. The minimum absolute atomic E-state index is 0.0902. The number of halogens is 1. The van der Waals surface area contributed by atoms with Crippen molar-refractivity contribution in [3.05, 3.63) is 70.7 Å². The van der Waals surface area contributed by atoms with Gasteiger partial charge in [-0.2, -0.15) is 5.10 Å². The molecule has 1 atom stereocenters. The second kappa shape index (κ2) is 6.46. The van der Waals surface area contributed by atoms with Crippen LogP contribution in [0.2, 0.25) is 5.02 Å². The van der Waals surface area contributed by atoms with E-state index in [0.29, 0.717) is 10.1 Å². The lowest BCUT2D eigenvalue weighted by atomic mass is 9.98. The first kappa shape index (κ1) is 15.0. The summed E-state index contributed by atoms with van der Waals surface area (Å²) < 4.78 is 0. The zero-order valence-corrected chi connectivity index (χ0v) is 13.7. The van der Waals surface area contributed by atoms with E-state index in [4.69, 9.17) is 28.9 Å². The van der Waals surface area contributed by atoms with Crippen molar-refractivity contribution in [1.82, 2.24) is 10.3 Å². The van der Waals surface area contributed by atoms with Gasteiger partial charge >= 0.3 is 0 Å². The van der Waals surface area contributed by atoms with Crippen LogP contribution in [0.5, 0.6) is 0 Å². The monoisotopic (exact) mass is 329 g/mol. The van der Waals surface area contributed by atoms with Crippen LogP contribution < -0.4 is 5.32 Å². The summed E-state index contributed by atoms with van der Waals surface area (Å²) in [6.45, 7) is 0. The van der Waals surface area contributed by atoms with Crippen LogP contribution in [0.3, 0.4) is 0 Å². The molecule has 0 fully saturated rings. The van der Waals surface area contributed by atoms with E-state index in [1.807, 2.05) is 54.5 Å². The van der Waals surface area contributed by atoms with Gasteiger partial charge < -0.3 is 5.32 Å². The van der Waals surface area contributed by atoms with Gasteiger partial charge in [0.05, 0.1) is 11.8 Å². The Morgan fingerprint density at radius 1 is 1.18 bits per heavy atom. The number of hydrazone groups is 1. The highest BCUT2D eigenvalue weighted by Crippen LogP contribution is 2.34. The summed E-state index contributed by atoms with van der Waals surface area (Å²) in [6, 6.07) is 18.1. The molecule has 0 unspecified atom stereocenters. The number of thiocarbonyl (C=S) groups is 1. The van der Waals surface area contributed by atoms with Crippen LogP contribution in [-0.2, 0) is 0 Å². The molecule has 0 spiro atoms. The summed E-state index contributed by atoms with van der Waals surface area (Å²) in [5.74, 6) is 0. The SMILES string of the molecule is CNC(=S)N1N=C(c2ccccc2Cl)C[C@@H]1c1ccccc1. The lowest BCUT2D eigenvalue weighted by Crippen LogP contribution is -2.34. The number of nitrogens with zero attached hydrogens (tertiary/aromatic N) is 2. The van der Waals surface area contributed by atoms with Gasteiger partial charge in [0.25, 0.3) is 0 Å². The van der Waals surface area contributed by atoms with Crippen molar-refractivity contribution < 1.29 is 0 Å². The largest absolute Gasteiger partial charge is 0.364 e. The molecule has 1 aliphatic heterocycles. The van der Waals surface area contributed by atoms with Gasteiger partial charge in [-0.3, -0.25) is 0 Å². The highest BCUT2D eigenvalue weighted by atomic mass is 35.5. The normalized spacial score (nSPS) is 17.3. The van der Waals surface area contributed by atoms with Gasteiger partial charge in [0, 0.05) is 24.1 Å². The number of benzene rings is 2. The molecule has 0 aromatic heterocycles. The Balaban J connectivity index is 1.98. The van der Waals surface area contributed by atoms with Gasteiger partial charge in [0.1, 0.15) is 0 Å². The van der Waals surface area contributed by atoms with Crippen molar-refractivity contribution in [3.63, 3.8) is 0 Å². The molecule has 22 heavy (non-hydrogen) atoms. The van der Waals surface area contributed by atoms with Crippen molar-refractivity contribution in [3.8, 4) is 0 Å². The molecule has 1 N–H and O–H groups in total. The van der Waals surface area contributed by atoms with Crippen LogP contribution in [0, 0.1) is 0 Å². The van der Waals surface area contributed by atoms with Gasteiger partial charge in [-0.15, -0.1) is 0 Å². The summed E-state index contributed by atoms with van der Waals surface area (Å²) in [4.78, 5) is 0. The second-order valence-corrected chi connectivity index (χ2v) is 5.85. The number of nitrogens with one attached hydrogen (secondary N) is 1. The number of hydrogen-bond donors (Lipinski definition) is 1. The summed E-state index contributed by atoms with van der Waals surface area (Å²) >= 11 is 11.7. The first-order valence-corrected chi connectivity index (χ1v) is 7.87. The predicted molar refractivity (Wildman–Crippen MR) is 95.3 cm³/mol. The fourth-order valence-electron chi connectivity index (χ4n) is 2.60. The van der Waals surface area contributed by atoms with Crippen LogP contribution in [0.15, 0.2) is 59.7 Å². The molecule has 0 bridgehead atoms. The summed E-state index contributed by atoms with van der Waals surface area (Å²) in [7, 11) is 1.81. The molecule has 2 aromatic carbocycles. The maximum Gasteiger partial charge on any atom is 0.189 e. The minimum atomic E-state index is 0.0902. The first-order valence-electron chi connectivity index (χ1n) is 7.09. The Morgan fingerprint density at radius 3 is 2.55 bits per heavy atom. The molecule has 0 saturated carbocycles. The highest BCUT2D eigenvalue weighted by molar-refractivity contribution is 7.80. The molecule has 5 heteroatoms. The molecule has 0 radical (unpaired) electrons. The zero-order chi connectivity index (χ0) is 15.5. The zero-order valence-electron chi connectivity index (χ0n) is 12.2. The average Bonchev–Trinajstić information content (AvgIpc) is 3.00. The van der Waals surface area contributed by atoms with Crippen molar-refractivity contribution in [2.45, 2.75) is 12.5 Å². The molecule has 2 aromatic rings.